The number of carbonyl (C=O) groups excluding carboxylic acids is 1. The van der Waals surface area contributed by atoms with E-state index in [9.17, 15) is 40.9 Å². The number of carbonyl (C=O) groups is 1. The quantitative estimate of drug-likeness (QED) is 0.0341. The molecule has 0 radical (unpaired) electrons. The Bertz CT molecular complexity index is 3170. The Kier molecular flexibility index (Phi) is 13.0. The number of hydrogen-bond donors (Lipinski definition) is 10. The van der Waals surface area contributed by atoms with Gasteiger partial charge in [-0.3, -0.25) is 10.5 Å². The van der Waals surface area contributed by atoms with Gasteiger partial charge >= 0.3 is 0 Å². The van der Waals surface area contributed by atoms with Crippen molar-refractivity contribution in [3.8, 4) is 57.3 Å². The third-order valence-corrected chi connectivity index (χ3v) is 19.8. The molecule has 4 saturated carbocycles. The maximum Gasteiger partial charge on any atom is 0.200 e. The zero-order valence-electron chi connectivity index (χ0n) is 42.8. The molecule has 0 aliphatic heterocycles. The van der Waals surface area contributed by atoms with E-state index >= 15 is 4.79 Å². The van der Waals surface area contributed by atoms with Gasteiger partial charge in [0, 0.05) is 59.4 Å². The summed E-state index contributed by atoms with van der Waals surface area (Å²) in [6, 6.07) is 29.2. The van der Waals surface area contributed by atoms with Crippen molar-refractivity contribution in [2.45, 2.75) is 119 Å². The first-order valence-electron chi connectivity index (χ1n) is 27.6. The summed E-state index contributed by atoms with van der Waals surface area (Å²) < 4.78 is 12.2. The molecule has 4 fully saturated rings. The highest BCUT2D eigenvalue weighted by molar-refractivity contribution is 5.82. The third kappa shape index (κ3) is 8.26. The van der Waals surface area contributed by atoms with Gasteiger partial charge in [0.2, 0.25) is 5.75 Å². The Balaban J connectivity index is 1.04. The first kappa shape index (κ1) is 50.2. The van der Waals surface area contributed by atoms with Gasteiger partial charge in [-0.1, -0.05) is 48.5 Å². The number of aromatic amines is 1. The minimum atomic E-state index is -1.12. The van der Waals surface area contributed by atoms with E-state index in [2.05, 4.69) is 41.5 Å². The lowest BCUT2D eigenvalue weighted by Gasteiger charge is -2.56. The van der Waals surface area contributed by atoms with Gasteiger partial charge in [-0.05, 0) is 200 Å². The van der Waals surface area contributed by atoms with Crippen molar-refractivity contribution in [1.82, 2.24) is 4.98 Å². The number of aryl methyl sites for hydroxylation is 1. The van der Waals surface area contributed by atoms with Crippen LogP contribution in [-0.2, 0) is 29.7 Å². The van der Waals surface area contributed by atoms with E-state index in [-0.39, 0.29) is 113 Å². The van der Waals surface area contributed by atoms with Gasteiger partial charge in [0.25, 0.3) is 0 Å². The minimum absolute atomic E-state index is 0.00394. The van der Waals surface area contributed by atoms with Gasteiger partial charge in [0.05, 0.1) is 6.10 Å². The minimum Gasteiger partial charge on any atom is -0.508 e. The summed E-state index contributed by atoms with van der Waals surface area (Å²) in [4.78, 5) is 18.9. The van der Waals surface area contributed by atoms with Crippen LogP contribution >= 0.6 is 0 Å². The van der Waals surface area contributed by atoms with Crippen LogP contribution in [0.5, 0.6) is 46.0 Å². The number of benzene rings is 5. The number of aliphatic hydroxyl groups excluding tert-OH is 2. The highest BCUT2D eigenvalue weighted by Gasteiger charge is 2.69. The highest BCUT2D eigenvalue weighted by atomic mass is 16.5. The number of Topliss-reactive ketones (excluding diaryl/α,β-unsaturated/α-hetero) is 1. The van der Waals surface area contributed by atoms with Crippen molar-refractivity contribution in [2.75, 3.05) is 13.3 Å². The number of hydrogen-bond acceptors (Lipinski definition) is 12. The van der Waals surface area contributed by atoms with Crippen LogP contribution in [0.4, 0.5) is 0 Å². The van der Waals surface area contributed by atoms with E-state index in [0.717, 1.165) is 67.3 Å². The van der Waals surface area contributed by atoms with Gasteiger partial charge < -0.3 is 55.3 Å². The molecule has 13 rings (SSSR count). The van der Waals surface area contributed by atoms with Gasteiger partial charge in [-0.2, -0.15) is 0 Å². The maximum atomic E-state index is 15.2. The van der Waals surface area contributed by atoms with Crippen molar-refractivity contribution >= 4 is 5.78 Å². The van der Waals surface area contributed by atoms with E-state index in [1.54, 1.807) is 48.5 Å². The van der Waals surface area contributed by atoms with Crippen LogP contribution in [0.2, 0.25) is 0 Å². The Labute approximate surface area is 443 Å². The molecule has 6 aromatic rings. The summed E-state index contributed by atoms with van der Waals surface area (Å²) in [5.41, 5.74) is 13.7. The van der Waals surface area contributed by atoms with Crippen LogP contribution in [0.25, 0.3) is 11.3 Å². The van der Waals surface area contributed by atoms with Crippen LogP contribution in [0, 0.1) is 40.9 Å². The first-order valence-corrected chi connectivity index (χ1v) is 27.6. The molecule has 7 aliphatic rings. The Hall–Kier alpha value is -6.67. The summed E-state index contributed by atoms with van der Waals surface area (Å²) >= 11 is 0. The number of phenols is 6. The molecular formula is C63H70N2O11. The molecule has 0 amide bonds. The van der Waals surface area contributed by atoms with E-state index in [1.165, 1.54) is 28.8 Å². The van der Waals surface area contributed by atoms with Gasteiger partial charge in [-0.15, -0.1) is 0 Å². The number of ketones is 1. The molecule has 76 heavy (non-hydrogen) atoms. The molecule has 12 atom stereocenters. The number of nitrogens with two attached hydrogens (primary N) is 1. The molecule has 398 valence electrons. The van der Waals surface area contributed by atoms with Crippen LogP contribution in [0.3, 0.4) is 0 Å². The summed E-state index contributed by atoms with van der Waals surface area (Å²) in [5.74, 6) is -2.51. The number of ether oxygens (including phenoxy) is 2. The summed E-state index contributed by atoms with van der Waals surface area (Å²) in [6.45, 7) is 0.0391. The number of phenolic OH excluding ortho intramolecular Hbond substituents is 6. The Morgan fingerprint density at radius 2 is 1.63 bits per heavy atom. The predicted octanol–water partition coefficient (Wildman–Crippen LogP) is 10.4. The smallest absolute Gasteiger partial charge is 0.200 e. The van der Waals surface area contributed by atoms with Crippen molar-refractivity contribution in [1.29, 1.82) is 0 Å². The standard InChI is InChI=1S/C63H70N2O11/c64-33-76-53-24-34(11-15-50(53)70)10-14-49(69)45-26-38(25-37-12-13-41(68)29-51(37)71)44-27-39-28-48(55(56(44)58(45)73)46-30-52(72)59(74)60(54(39)46)75-32-36-5-3-7-40(67)23-36)63-20-19-62(18-16-35(31-62)6-4-22-66)61(63)43-17-21-65-57(43)42-8-1-2-9-47(42)63/h1-3,5,7-9,11-13,15,17,21,23-24,29-30,35,38-39,44-45,48,55-56,58,61,65-68,70-74H,4,6,10,14,16,18-20,22,25-28,31-33,64H2. The normalized spacial score (nSPS) is 29.7. The maximum absolute atomic E-state index is 15.2. The number of aromatic nitrogens is 1. The van der Waals surface area contributed by atoms with Crippen molar-refractivity contribution < 1.29 is 55.1 Å². The average molecular weight is 1030 g/mol. The number of aromatic hydroxyl groups is 6. The fourth-order valence-electron chi connectivity index (χ4n) is 17.0. The summed E-state index contributed by atoms with van der Waals surface area (Å²) in [6.07, 6.45) is 10.2. The molecule has 12 unspecified atom stereocenters. The molecule has 1 aromatic heterocycles. The van der Waals surface area contributed by atoms with Crippen molar-refractivity contribution in [3.63, 3.8) is 0 Å². The van der Waals surface area contributed by atoms with Gasteiger partial charge in [0.15, 0.2) is 23.0 Å². The fourth-order valence-corrected chi connectivity index (χ4v) is 17.0. The lowest BCUT2D eigenvalue weighted by molar-refractivity contribution is -0.136. The molecule has 7 aliphatic carbocycles. The molecule has 1 heterocycles. The first-order chi connectivity index (χ1) is 36.8. The zero-order valence-corrected chi connectivity index (χ0v) is 42.8. The number of fused-ring (bicyclic) bond motifs is 9. The lowest BCUT2D eigenvalue weighted by atomic mass is 9.47. The van der Waals surface area contributed by atoms with Gasteiger partial charge in [0.1, 0.15) is 36.4 Å². The van der Waals surface area contributed by atoms with E-state index in [1.807, 2.05) is 6.07 Å². The van der Waals surface area contributed by atoms with E-state index in [4.69, 9.17) is 15.2 Å². The SMILES string of the molecule is NCOc1cc(CCC(=O)C2CC(Cc3ccc(O)cc3O)C3CC4CC(C56CCC7(CCC(CCCO)C7)C5c5cc[nH]c5-c5ccccc56)C(c5cc(O)c(O)c(OCc6cccc(O)c6)c54)C3C2O)ccc1O. The van der Waals surface area contributed by atoms with Crippen LogP contribution in [0.1, 0.15) is 127 Å². The highest BCUT2D eigenvalue weighted by Crippen LogP contribution is 2.77. The summed E-state index contributed by atoms with van der Waals surface area (Å²) in [7, 11) is 0. The molecular weight excluding hydrogens is 961 g/mol. The predicted molar refractivity (Wildman–Crippen MR) is 286 cm³/mol. The van der Waals surface area contributed by atoms with Crippen molar-refractivity contribution in [2.24, 2.45) is 46.7 Å². The Morgan fingerprint density at radius 3 is 2.45 bits per heavy atom. The van der Waals surface area contributed by atoms with Crippen LogP contribution in [-0.4, -0.2) is 71.1 Å². The number of rotatable bonds is 15. The molecule has 1 spiro atoms. The monoisotopic (exact) mass is 1030 g/mol. The zero-order chi connectivity index (χ0) is 52.6. The Morgan fingerprint density at radius 1 is 0.789 bits per heavy atom. The van der Waals surface area contributed by atoms with Gasteiger partial charge in [-0.25, -0.2) is 0 Å². The fraction of sp³-hybridized carbons (Fsp3) is 0.444. The van der Waals surface area contributed by atoms with E-state index < -0.39 is 29.3 Å². The third-order valence-electron chi connectivity index (χ3n) is 19.8. The number of aliphatic hydroxyl groups is 2. The molecule has 13 nitrogen and oxygen atoms in total. The van der Waals surface area contributed by atoms with Crippen LogP contribution < -0.4 is 15.2 Å². The average Bonchev–Trinajstić information content (AvgIpc) is 3.86. The second-order valence-corrected chi connectivity index (χ2v) is 23.4. The molecule has 11 N–H and O–H groups in total. The van der Waals surface area contributed by atoms with Crippen molar-refractivity contribution in [3.05, 3.63) is 142 Å². The molecule has 5 aromatic carbocycles. The number of nitrogens with one attached hydrogen (secondary N) is 1. The topological polar surface area (TPSA) is 239 Å². The summed E-state index contributed by atoms with van der Waals surface area (Å²) in [5, 5.41) is 90.5. The van der Waals surface area contributed by atoms with E-state index in [0.29, 0.717) is 49.1 Å². The molecule has 0 saturated heterocycles. The lowest BCUT2D eigenvalue weighted by Crippen LogP contribution is -2.53. The van der Waals surface area contributed by atoms with Crippen LogP contribution in [0.15, 0.2) is 103 Å². The second-order valence-electron chi connectivity index (χ2n) is 23.4. The number of H-pyrrole nitrogens is 1. The second kappa shape index (κ2) is 19.7. The molecule has 13 heteroatoms. The largest absolute Gasteiger partial charge is 0.508 e. The molecule has 2 bridgehead atoms.